The highest BCUT2D eigenvalue weighted by atomic mass is 32.1. The Hall–Kier alpha value is -1.69. The molecule has 1 aliphatic rings. The summed E-state index contributed by atoms with van der Waals surface area (Å²) in [6.45, 7) is 3.87. The Morgan fingerprint density at radius 1 is 1.17 bits per heavy atom. The molecule has 1 aromatic heterocycles. The van der Waals surface area contributed by atoms with Crippen molar-refractivity contribution in [2.45, 2.75) is 25.9 Å². The van der Waals surface area contributed by atoms with Gasteiger partial charge in [-0.1, -0.05) is 12.1 Å². The van der Waals surface area contributed by atoms with Gasteiger partial charge in [0.15, 0.2) is 0 Å². The van der Waals surface area contributed by atoms with E-state index >= 15 is 0 Å². The number of hydrogen-bond acceptors (Lipinski definition) is 4. The van der Waals surface area contributed by atoms with Crippen molar-refractivity contribution in [1.82, 2.24) is 10.2 Å². The average Bonchev–Trinajstić information content (AvgIpc) is 3.14. The monoisotopic (exact) mass is 344 g/mol. The maximum absolute atomic E-state index is 12.2. The summed E-state index contributed by atoms with van der Waals surface area (Å²) in [5, 5.41) is 16.2. The van der Waals surface area contributed by atoms with Crippen LogP contribution in [0.1, 0.15) is 34.3 Å². The Bertz CT molecular complexity index is 632. The maximum atomic E-state index is 12.2. The van der Waals surface area contributed by atoms with Crippen molar-refractivity contribution in [3.8, 4) is 0 Å². The van der Waals surface area contributed by atoms with E-state index in [0.717, 1.165) is 38.0 Å². The van der Waals surface area contributed by atoms with Crippen molar-refractivity contribution in [1.29, 1.82) is 0 Å². The van der Waals surface area contributed by atoms with Crippen molar-refractivity contribution in [3.63, 3.8) is 0 Å². The van der Waals surface area contributed by atoms with Gasteiger partial charge in [-0.25, -0.2) is 0 Å². The average molecular weight is 344 g/mol. The number of rotatable bonds is 6. The summed E-state index contributed by atoms with van der Waals surface area (Å²) in [4.78, 5) is 14.6. The quantitative estimate of drug-likeness (QED) is 0.847. The maximum Gasteiger partial charge on any atom is 0.251 e. The third kappa shape index (κ3) is 4.66. The molecule has 1 aliphatic heterocycles. The number of carbonyl (C=O) groups is 1. The van der Waals surface area contributed by atoms with Crippen LogP contribution in [0, 0.1) is 5.92 Å². The second-order valence-corrected chi connectivity index (χ2v) is 7.19. The number of piperidine rings is 1. The van der Waals surface area contributed by atoms with Crippen LogP contribution < -0.4 is 5.32 Å². The molecule has 0 atom stereocenters. The molecule has 1 fully saturated rings. The van der Waals surface area contributed by atoms with E-state index in [1.165, 1.54) is 5.56 Å². The molecule has 0 radical (unpaired) electrons. The lowest BCUT2D eigenvalue weighted by atomic mass is 9.97. The van der Waals surface area contributed by atoms with E-state index in [1.807, 2.05) is 41.1 Å². The van der Waals surface area contributed by atoms with Crippen LogP contribution >= 0.6 is 11.3 Å². The summed E-state index contributed by atoms with van der Waals surface area (Å²) in [6, 6.07) is 9.90. The van der Waals surface area contributed by atoms with Gasteiger partial charge in [0.2, 0.25) is 0 Å². The third-order valence-corrected chi connectivity index (χ3v) is 5.35. The second kappa shape index (κ2) is 8.42. The number of amides is 1. The minimum atomic E-state index is -0.0310. The number of nitrogens with one attached hydrogen (secondary N) is 1. The van der Waals surface area contributed by atoms with Crippen molar-refractivity contribution < 1.29 is 9.90 Å². The molecule has 0 unspecified atom stereocenters. The van der Waals surface area contributed by atoms with Crippen molar-refractivity contribution in [2.24, 2.45) is 5.92 Å². The zero-order valence-electron chi connectivity index (χ0n) is 13.8. The van der Waals surface area contributed by atoms with Crippen LogP contribution in [0.4, 0.5) is 0 Å². The lowest BCUT2D eigenvalue weighted by molar-refractivity contribution is 0.0951. The number of benzene rings is 1. The van der Waals surface area contributed by atoms with E-state index in [0.29, 0.717) is 24.6 Å². The lowest BCUT2D eigenvalue weighted by Gasteiger charge is -2.31. The molecule has 0 saturated carbocycles. The molecule has 2 heterocycles. The summed E-state index contributed by atoms with van der Waals surface area (Å²) >= 11 is 1.64. The molecule has 128 valence electrons. The summed E-state index contributed by atoms with van der Waals surface area (Å²) in [7, 11) is 0. The van der Waals surface area contributed by atoms with Crippen molar-refractivity contribution >= 4 is 17.2 Å². The molecule has 5 heteroatoms. The van der Waals surface area contributed by atoms with E-state index < -0.39 is 0 Å². The number of aliphatic hydroxyl groups is 1. The molecule has 3 rings (SSSR count). The summed E-state index contributed by atoms with van der Waals surface area (Å²) < 4.78 is 0. The Kier molecular flexibility index (Phi) is 6.01. The van der Waals surface area contributed by atoms with E-state index in [4.69, 9.17) is 0 Å². The van der Waals surface area contributed by atoms with E-state index in [2.05, 4.69) is 10.2 Å². The van der Waals surface area contributed by atoms with Crippen LogP contribution in [0.15, 0.2) is 41.1 Å². The smallest absolute Gasteiger partial charge is 0.251 e. The third-order valence-electron chi connectivity index (χ3n) is 4.62. The van der Waals surface area contributed by atoms with Gasteiger partial charge in [-0.15, -0.1) is 0 Å². The molecule has 2 N–H and O–H groups in total. The van der Waals surface area contributed by atoms with Gasteiger partial charge in [-0.05, 0) is 71.9 Å². The van der Waals surface area contributed by atoms with Gasteiger partial charge < -0.3 is 10.4 Å². The van der Waals surface area contributed by atoms with Crippen LogP contribution in [0.2, 0.25) is 0 Å². The van der Waals surface area contributed by atoms with Crippen LogP contribution in [-0.2, 0) is 13.1 Å². The van der Waals surface area contributed by atoms with E-state index in [1.54, 1.807) is 11.3 Å². The van der Waals surface area contributed by atoms with Gasteiger partial charge in [-0.2, -0.15) is 11.3 Å². The van der Waals surface area contributed by atoms with Crippen LogP contribution in [0.25, 0.3) is 0 Å². The number of hydrogen-bond donors (Lipinski definition) is 2. The van der Waals surface area contributed by atoms with Gasteiger partial charge in [0.1, 0.15) is 0 Å². The van der Waals surface area contributed by atoms with E-state index in [9.17, 15) is 9.90 Å². The number of likely N-dealkylation sites (tertiary alicyclic amines) is 1. The Labute approximate surface area is 147 Å². The molecule has 0 spiro atoms. The molecular formula is C19H24N2O2S. The summed E-state index contributed by atoms with van der Waals surface area (Å²) in [5.41, 5.74) is 3.07. The SMILES string of the molecule is O=C(NCc1ccsc1)c1ccc(CN2CCC(CO)CC2)cc1. The standard InChI is InChI=1S/C19H24N2O2S/c22-13-16-5-8-21(9-6-16)12-15-1-3-18(4-2-15)19(23)20-11-17-7-10-24-14-17/h1-4,7,10,14,16,22H,5-6,8-9,11-13H2,(H,20,23). The Morgan fingerprint density at radius 2 is 1.92 bits per heavy atom. The molecule has 1 saturated heterocycles. The Morgan fingerprint density at radius 3 is 2.54 bits per heavy atom. The zero-order chi connectivity index (χ0) is 16.8. The van der Waals surface area contributed by atoms with Crippen LogP contribution in [-0.4, -0.2) is 35.6 Å². The molecule has 1 aromatic carbocycles. The highest BCUT2D eigenvalue weighted by Crippen LogP contribution is 2.18. The first-order valence-corrected chi connectivity index (χ1v) is 9.40. The molecular weight excluding hydrogens is 320 g/mol. The van der Waals surface area contributed by atoms with Crippen molar-refractivity contribution in [3.05, 3.63) is 57.8 Å². The minimum absolute atomic E-state index is 0.0310. The van der Waals surface area contributed by atoms with Gasteiger partial charge >= 0.3 is 0 Å². The highest BCUT2D eigenvalue weighted by Gasteiger charge is 2.18. The van der Waals surface area contributed by atoms with Gasteiger partial charge in [0.25, 0.3) is 5.91 Å². The predicted molar refractivity (Wildman–Crippen MR) is 97.0 cm³/mol. The first-order chi connectivity index (χ1) is 11.7. The molecule has 24 heavy (non-hydrogen) atoms. The van der Waals surface area contributed by atoms with Gasteiger partial charge in [-0.3, -0.25) is 9.69 Å². The van der Waals surface area contributed by atoms with Crippen LogP contribution in [0.5, 0.6) is 0 Å². The van der Waals surface area contributed by atoms with Gasteiger partial charge in [0.05, 0.1) is 0 Å². The predicted octanol–water partition coefficient (Wildman–Crippen LogP) is 2.88. The minimum Gasteiger partial charge on any atom is -0.396 e. The normalized spacial score (nSPS) is 16.2. The first kappa shape index (κ1) is 17.1. The summed E-state index contributed by atoms with van der Waals surface area (Å²) in [6.07, 6.45) is 2.14. The number of thiophene rings is 1. The molecule has 1 amide bonds. The van der Waals surface area contributed by atoms with Crippen LogP contribution in [0.3, 0.4) is 0 Å². The highest BCUT2D eigenvalue weighted by molar-refractivity contribution is 7.07. The fraction of sp³-hybridized carbons (Fsp3) is 0.421. The summed E-state index contributed by atoms with van der Waals surface area (Å²) in [5.74, 6) is 0.437. The topological polar surface area (TPSA) is 52.6 Å². The number of nitrogens with zero attached hydrogens (tertiary/aromatic N) is 1. The molecule has 4 nitrogen and oxygen atoms in total. The first-order valence-electron chi connectivity index (χ1n) is 8.46. The second-order valence-electron chi connectivity index (χ2n) is 6.41. The van der Waals surface area contributed by atoms with Gasteiger partial charge in [0, 0.05) is 25.3 Å². The molecule has 0 aliphatic carbocycles. The largest absolute Gasteiger partial charge is 0.396 e. The number of aliphatic hydroxyl groups excluding tert-OH is 1. The fourth-order valence-corrected chi connectivity index (χ4v) is 3.69. The number of carbonyl (C=O) groups excluding carboxylic acids is 1. The fourth-order valence-electron chi connectivity index (χ4n) is 3.02. The lowest BCUT2D eigenvalue weighted by Crippen LogP contribution is -2.34. The Balaban J connectivity index is 1.49. The zero-order valence-corrected chi connectivity index (χ0v) is 14.6. The van der Waals surface area contributed by atoms with Crippen molar-refractivity contribution in [2.75, 3.05) is 19.7 Å². The molecule has 0 bridgehead atoms. The molecule has 2 aromatic rings. The van der Waals surface area contributed by atoms with E-state index in [-0.39, 0.29) is 5.91 Å².